The van der Waals surface area contributed by atoms with Crippen molar-refractivity contribution in [2.75, 3.05) is 0 Å². The highest BCUT2D eigenvalue weighted by Crippen LogP contribution is 2.29. The monoisotopic (exact) mass is 241 g/mol. The van der Waals surface area contributed by atoms with Crippen molar-refractivity contribution in [3.05, 3.63) is 30.0 Å². The van der Waals surface area contributed by atoms with Gasteiger partial charge in [-0.05, 0) is 11.4 Å². The largest absolute Gasteiger partial charge is 0.261 e. The molecule has 0 saturated heterocycles. The van der Waals surface area contributed by atoms with E-state index in [2.05, 4.69) is 9.97 Å². The van der Waals surface area contributed by atoms with Gasteiger partial charge >= 0.3 is 0 Å². The van der Waals surface area contributed by atoms with Crippen molar-refractivity contribution in [1.82, 2.24) is 9.97 Å². The van der Waals surface area contributed by atoms with Crippen molar-refractivity contribution in [3.63, 3.8) is 0 Å². The Bertz CT molecular complexity index is 563. The lowest BCUT2D eigenvalue weighted by Crippen LogP contribution is -2.11. The Hall–Kier alpha value is -1.31. The lowest BCUT2D eigenvalue weighted by atomic mass is 10.2. The highest BCUT2D eigenvalue weighted by Gasteiger charge is 2.17. The third-order valence-electron chi connectivity index (χ3n) is 1.73. The lowest BCUT2D eigenvalue weighted by Gasteiger charge is -1.99. The second-order valence-corrected chi connectivity index (χ2v) is 5.43. The molecule has 0 spiro atoms. The molecule has 5 nitrogen and oxygen atoms in total. The Morgan fingerprint density at radius 1 is 1.33 bits per heavy atom. The topological polar surface area (TPSA) is 85.9 Å². The lowest BCUT2D eigenvalue weighted by molar-refractivity contribution is 0.600. The Morgan fingerprint density at radius 2 is 2.13 bits per heavy atom. The molecule has 2 heterocycles. The smallest absolute Gasteiger partial charge is 0.248 e. The summed E-state index contributed by atoms with van der Waals surface area (Å²) in [6.07, 6.45) is 4.52. The Kier molecular flexibility index (Phi) is 2.51. The van der Waals surface area contributed by atoms with E-state index in [9.17, 15) is 8.42 Å². The van der Waals surface area contributed by atoms with E-state index in [0.717, 1.165) is 11.3 Å². The van der Waals surface area contributed by atoms with Crippen LogP contribution in [0.15, 0.2) is 34.2 Å². The first-order chi connectivity index (χ1) is 7.09. The number of hydrogen-bond donors (Lipinski definition) is 1. The van der Waals surface area contributed by atoms with Crippen LogP contribution in [0, 0.1) is 0 Å². The first-order valence-corrected chi connectivity index (χ1v) is 6.38. The summed E-state index contributed by atoms with van der Waals surface area (Å²) in [4.78, 5) is 7.89. The van der Waals surface area contributed by atoms with Crippen molar-refractivity contribution >= 4 is 21.4 Å². The molecule has 2 N–H and O–H groups in total. The number of aromatic nitrogens is 2. The zero-order chi connectivity index (χ0) is 10.9. The van der Waals surface area contributed by atoms with Gasteiger partial charge in [-0.2, -0.15) is 0 Å². The van der Waals surface area contributed by atoms with Crippen molar-refractivity contribution in [2.24, 2.45) is 5.14 Å². The van der Waals surface area contributed by atoms with Gasteiger partial charge in [-0.25, -0.2) is 13.6 Å². The predicted octanol–water partition coefficient (Wildman–Crippen LogP) is 0.853. The summed E-state index contributed by atoms with van der Waals surface area (Å²) in [6, 6.07) is 1.66. The van der Waals surface area contributed by atoms with E-state index >= 15 is 0 Å². The van der Waals surface area contributed by atoms with Crippen LogP contribution < -0.4 is 5.14 Å². The van der Waals surface area contributed by atoms with Gasteiger partial charge in [0, 0.05) is 18.0 Å². The Balaban J connectivity index is 2.61. The summed E-state index contributed by atoms with van der Waals surface area (Å²) < 4.78 is 22.6. The molecule has 0 aromatic carbocycles. The molecule has 0 saturated carbocycles. The van der Waals surface area contributed by atoms with Crippen LogP contribution in [-0.4, -0.2) is 18.4 Å². The molecule has 0 aliphatic rings. The van der Waals surface area contributed by atoms with Crippen molar-refractivity contribution in [1.29, 1.82) is 0 Å². The van der Waals surface area contributed by atoms with E-state index < -0.39 is 10.0 Å². The summed E-state index contributed by atoms with van der Waals surface area (Å²) in [5.74, 6) is 0. The summed E-state index contributed by atoms with van der Waals surface area (Å²) in [5, 5.41) is 6.73. The van der Waals surface area contributed by atoms with Gasteiger partial charge in [-0.3, -0.25) is 9.97 Å². The number of nitrogens with zero attached hydrogens (tertiary/aromatic N) is 2. The Morgan fingerprint density at radius 3 is 2.73 bits per heavy atom. The second kappa shape index (κ2) is 3.69. The number of thiophene rings is 1. The minimum Gasteiger partial charge on any atom is -0.261 e. The van der Waals surface area contributed by atoms with Gasteiger partial charge in [0.1, 0.15) is 4.21 Å². The van der Waals surface area contributed by atoms with Crippen molar-refractivity contribution in [2.45, 2.75) is 4.21 Å². The fraction of sp³-hybridized carbons (Fsp3) is 0. The highest BCUT2D eigenvalue weighted by atomic mass is 32.2. The maximum absolute atomic E-state index is 11.2. The van der Waals surface area contributed by atoms with Crippen LogP contribution in [0.4, 0.5) is 0 Å². The zero-order valence-electron chi connectivity index (χ0n) is 7.49. The molecule has 0 atom stereocenters. The zero-order valence-corrected chi connectivity index (χ0v) is 9.12. The van der Waals surface area contributed by atoms with Crippen molar-refractivity contribution in [3.8, 4) is 11.3 Å². The highest BCUT2D eigenvalue weighted by molar-refractivity contribution is 7.91. The van der Waals surface area contributed by atoms with Gasteiger partial charge in [0.2, 0.25) is 10.0 Å². The standard InChI is InChI=1S/C8H7N3O2S2/c9-15(12,13)8-6(1-4-14-8)7-5-10-2-3-11-7/h1-5H,(H2,9,12,13). The normalized spacial score (nSPS) is 11.5. The van der Waals surface area contributed by atoms with E-state index in [1.807, 2.05) is 0 Å². The molecule has 0 aliphatic carbocycles. The summed E-state index contributed by atoms with van der Waals surface area (Å²) >= 11 is 1.07. The minimum absolute atomic E-state index is 0.114. The maximum atomic E-state index is 11.2. The Labute approximate surface area is 90.7 Å². The average molecular weight is 241 g/mol. The SMILES string of the molecule is NS(=O)(=O)c1sccc1-c1cnccn1. The number of rotatable bonds is 2. The van der Waals surface area contributed by atoms with Gasteiger partial charge in [-0.15, -0.1) is 11.3 Å². The number of sulfonamides is 1. The van der Waals surface area contributed by atoms with Crippen LogP contribution in [0.1, 0.15) is 0 Å². The van der Waals surface area contributed by atoms with Crippen LogP contribution in [0.25, 0.3) is 11.3 Å². The van der Waals surface area contributed by atoms with Gasteiger partial charge < -0.3 is 0 Å². The number of hydrogen-bond acceptors (Lipinski definition) is 5. The van der Waals surface area contributed by atoms with Crippen LogP contribution in [0.5, 0.6) is 0 Å². The fourth-order valence-corrected chi connectivity index (χ4v) is 2.95. The third kappa shape index (κ3) is 2.04. The number of nitrogens with two attached hydrogens (primary N) is 1. The number of primary sulfonamides is 1. The molecule has 2 rings (SSSR count). The van der Waals surface area contributed by atoms with Gasteiger partial charge in [-0.1, -0.05) is 0 Å². The fourth-order valence-electron chi connectivity index (χ4n) is 1.14. The minimum atomic E-state index is -3.69. The van der Waals surface area contributed by atoms with Gasteiger partial charge in [0.05, 0.1) is 11.9 Å². The van der Waals surface area contributed by atoms with E-state index in [4.69, 9.17) is 5.14 Å². The quantitative estimate of drug-likeness (QED) is 0.844. The molecule has 0 radical (unpaired) electrons. The molecule has 2 aromatic rings. The maximum Gasteiger partial charge on any atom is 0.248 e. The first kappa shape index (κ1) is 10.2. The summed E-state index contributed by atoms with van der Waals surface area (Å²) in [5.41, 5.74) is 0.998. The van der Waals surface area contributed by atoms with Crippen LogP contribution in [0.2, 0.25) is 0 Å². The van der Waals surface area contributed by atoms with Crippen LogP contribution >= 0.6 is 11.3 Å². The molecule has 78 valence electrons. The molecule has 0 unspecified atom stereocenters. The molecule has 7 heteroatoms. The molecule has 0 amide bonds. The molecule has 0 bridgehead atoms. The molecular formula is C8H7N3O2S2. The van der Waals surface area contributed by atoms with E-state index in [-0.39, 0.29) is 4.21 Å². The van der Waals surface area contributed by atoms with Crippen molar-refractivity contribution < 1.29 is 8.42 Å². The molecule has 0 fully saturated rings. The van der Waals surface area contributed by atoms with E-state index in [0.29, 0.717) is 11.3 Å². The first-order valence-electron chi connectivity index (χ1n) is 3.96. The average Bonchev–Trinajstić information content (AvgIpc) is 2.67. The predicted molar refractivity (Wildman–Crippen MR) is 56.7 cm³/mol. The van der Waals surface area contributed by atoms with E-state index in [1.54, 1.807) is 11.4 Å². The third-order valence-corrected chi connectivity index (χ3v) is 4.16. The molecule has 0 aliphatic heterocycles. The second-order valence-electron chi connectivity index (χ2n) is 2.76. The van der Waals surface area contributed by atoms with E-state index in [1.165, 1.54) is 18.6 Å². The summed E-state index contributed by atoms with van der Waals surface area (Å²) in [7, 11) is -3.69. The van der Waals surface area contributed by atoms with Gasteiger partial charge in [0.15, 0.2) is 0 Å². The molecule has 2 aromatic heterocycles. The molecule has 15 heavy (non-hydrogen) atoms. The van der Waals surface area contributed by atoms with Crippen LogP contribution in [-0.2, 0) is 10.0 Å². The van der Waals surface area contributed by atoms with Gasteiger partial charge in [0.25, 0.3) is 0 Å². The summed E-state index contributed by atoms with van der Waals surface area (Å²) in [6.45, 7) is 0. The van der Waals surface area contributed by atoms with Crippen LogP contribution in [0.3, 0.4) is 0 Å². The molecular weight excluding hydrogens is 234 g/mol.